The van der Waals surface area contributed by atoms with Gasteiger partial charge in [0.2, 0.25) is 0 Å². The zero-order valence-electron chi connectivity index (χ0n) is 13.9. The van der Waals surface area contributed by atoms with Crippen molar-refractivity contribution in [2.75, 3.05) is 12.4 Å². The van der Waals surface area contributed by atoms with Gasteiger partial charge in [0.15, 0.2) is 5.60 Å². The summed E-state index contributed by atoms with van der Waals surface area (Å²) in [6, 6.07) is 0.544. The highest BCUT2D eigenvalue weighted by atomic mass is 35.5. The van der Waals surface area contributed by atoms with Gasteiger partial charge in [-0.3, -0.25) is 4.90 Å². The Morgan fingerprint density at radius 2 is 2.30 bits per heavy atom. The summed E-state index contributed by atoms with van der Waals surface area (Å²) in [4.78, 5) is 14.5. The van der Waals surface area contributed by atoms with E-state index in [-0.39, 0.29) is 12.0 Å². The molecule has 0 spiro atoms. The number of ether oxygens (including phenoxy) is 1. The molecule has 3 aliphatic heterocycles. The van der Waals surface area contributed by atoms with Crippen molar-refractivity contribution in [2.24, 2.45) is 0 Å². The SMILES string of the molecule is C[C@H]1C=C(C#CCCCCl)C2=CC(=O)O[C@]2(C)[C@H]2CCCCN12. The number of carbonyl (C=O) groups is 1. The summed E-state index contributed by atoms with van der Waals surface area (Å²) in [7, 11) is 0. The van der Waals surface area contributed by atoms with Crippen LogP contribution < -0.4 is 0 Å². The van der Waals surface area contributed by atoms with E-state index in [0.717, 1.165) is 37.0 Å². The van der Waals surface area contributed by atoms with Gasteiger partial charge < -0.3 is 4.74 Å². The fourth-order valence-corrected chi connectivity index (χ4v) is 4.16. The highest BCUT2D eigenvalue weighted by Gasteiger charge is 2.51. The molecule has 3 aliphatic rings. The van der Waals surface area contributed by atoms with Crippen molar-refractivity contribution < 1.29 is 9.53 Å². The third-order valence-corrected chi connectivity index (χ3v) is 5.44. The van der Waals surface area contributed by atoms with Crippen molar-refractivity contribution >= 4 is 17.6 Å². The van der Waals surface area contributed by atoms with Gasteiger partial charge in [0.1, 0.15) is 0 Å². The lowest BCUT2D eigenvalue weighted by molar-refractivity contribution is -0.151. The fourth-order valence-electron chi connectivity index (χ4n) is 4.03. The average molecular weight is 334 g/mol. The lowest BCUT2D eigenvalue weighted by Gasteiger charge is -2.45. The Morgan fingerprint density at radius 3 is 3.09 bits per heavy atom. The molecule has 0 unspecified atom stereocenters. The van der Waals surface area contributed by atoms with Crippen LogP contribution in [0.3, 0.4) is 0 Å². The molecule has 3 nitrogen and oxygen atoms in total. The normalized spacial score (nSPS) is 33.4. The molecule has 0 bridgehead atoms. The number of unbranched alkanes of at least 4 members (excludes halogenated alkanes) is 1. The van der Waals surface area contributed by atoms with Crippen LogP contribution in [0.2, 0.25) is 0 Å². The van der Waals surface area contributed by atoms with E-state index in [9.17, 15) is 4.79 Å². The van der Waals surface area contributed by atoms with Crippen LogP contribution in [0, 0.1) is 11.8 Å². The van der Waals surface area contributed by atoms with Gasteiger partial charge in [-0.1, -0.05) is 24.3 Å². The molecule has 0 aromatic rings. The van der Waals surface area contributed by atoms with Crippen molar-refractivity contribution in [1.82, 2.24) is 4.90 Å². The summed E-state index contributed by atoms with van der Waals surface area (Å²) >= 11 is 5.72. The number of piperidine rings is 1. The number of rotatable bonds is 2. The van der Waals surface area contributed by atoms with Gasteiger partial charge in [-0.25, -0.2) is 4.79 Å². The number of fused-ring (bicyclic) bond motifs is 3. The zero-order chi connectivity index (χ0) is 16.4. The Morgan fingerprint density at radius 1 is 1.48 bits per heavy atom. The fraction of sp³-hybridized carbons (Fsp3) is 0.632. The molecule has 0 radical (unpaired) electrons. The average Bonchev–Trinajstić information content (AvgIpc) is 2.82. The first-order valence-electron chi connectivity index (χ1n) is 8.54. The first-order chi connectivity index (χ1) is 11.1. The second kappa shape index (κ2) is 6.71. The van der Waals surface area contributed by atoms with Gasteiger partial charge in [-0.05, 0) is 39.7 Å². The summed E-state index contributed by atoms with van der Waals surface area (Å²) in [6.07, 6.45) is 8.96. The summed E-state index contributed by atoms with van der Waals surface area (Å²) in [5.74, 6) is 6.87. The van der Waals surface area contributed by atoms with Gasteiger partial charge in [0.25, 0.3) is 0 Å². The predicted molar refractivity (Wildman–Crippen MR) is 92.2 cm³/mol. The Balaban J connectivity index is 1.99. The number of esters is 1. The maximum absolute atomic E-state index is 12.0. The minimum Gasteiger partial charge on any atom is -0.450 e. The van der Waals surface area contributed by atoms with Gasteiger partial charge in [0, 0.05) is 35.6 Å². The van der Waals surface area contributed by atoms with Crippen LogP contribution >= 0.6 is 11.6 Å². The molecule has 3 rings (SSSR count). The number of halogens is 1. The molecule has 0 amide bonds. The van der Waals surface area contributed by atoms with Crippen LogP contribution in [-0.4, -0.2) is 41.0 Å². The smallest absolute Gasteiger partial charge is 0.332 e. The number of carbonyl (C=O) groups excluding carboxylic acids is 1. The molecule has 1 fully saturated rings. The van der Waals surface area contributed by atoms with Crippen molar-refractivity contribution in [2.45, 2.75) is 63.6 Å². The van der Waals surface area contributed by atoms with E-state index in [1.54, 1.807) is 6.08 Å². The van der Waals surface area contributed by atoms with E-state index in [4.69, 9.17) is 16.3 Å². The maximum atomic E-state index is 12.0. The maximum Gasteiger partial charge on any atom is 0.332 e. The highest BCUT2D eigenvalue weighted by molar-refractivity contribution is 6.17. The lowest BCUT2D eigenvalue weighted by atomic mass is 9.81. The highest BCUT2D eigenvalue weighted by Crippen LogP contribution is 2.44. The molecule has 1 saturated heterocycles. The van der Waals surface area contributed by atoms with Crippen molar-refractivity contribution in [1.29, 1.82) is 0 Å². The van der Waals surface area contributed by atoms with Gasteiger partial charge in [0.05, 0.1) is 6.04 Å². The number of hydrogen-bond acceptors (Lipinski definition) is 3. The van der Waals surface area contributed by atoms with Gasteiger partial charge >= 0.3 is 5.97 Å². The number of nitrogens with zero attached hydrogens (tertiary/aromatic N) is 1. The molecular weight excluding hydrogens is 310 g/mol. The van der Waals surface area contributed by atoms with Crippen LogP contribution in [0.15, 0.2) is 23.3 Å². The summed E-state index contributed by atoms with van der Waals surface area (Å²) in [5.41, 5.74) is 1.34. The first-order valence-corrected chi connectivity index (χ1v) is 9.07. The van der Waals surface area contributed by atoms with Crippen LogP contribution in [0.25, 0.3) is 0 Å². The zero-order valence-corrected chi connectivity index (χ0v) is 14.7. The quantitative estimate of drug-likeness (QED) is 0.335. The Bertz CT molecular complexity index is 613. The van der Waals surface area contributed by atoms with E-state index in [2.05, 4.69) is 36.7 Å². The third-order valence-electron chi connectivity index (χ3n) is 5.17. The summed E-state index contributed by atoms with van der Waals surface area (Å²) in [5, 5.41) is 0. The largest absolute Gasteiger partial charge is 0.450 e. The molecule has 23 heavy (non-hydrogen) atoms. The Hall–Kier alpha value is -1.24. The molecule has 0 N–H and O–H groups in total. The van der Waals surface area contributed by atoms with Crippen LogP contribution in [0.5, 0.6) is 0 Å². The predicted octanol–water partition coefficient (Wildman–Crippen LogP) is 3.43. The monoisotopic (exact) mass is 333 g/mol. The van der Waals surface area contributed by atoms with E-state index >= 15 is 0 Å². The molecule has 0 aromatic carbocycles. The lowest BCUT2D eigenvalue weighted by Crippen LogP contribution is -2.55. The van der Waals surface area contributed by atoms with Gasteiger partial charge in [-0.15, -0.1) is 11.6 Å². The standard InChI is InChI=1S/C19H24ClNO2/c1-14-12-15(8-4-3-6-10-20)16-13-18(22)23-19(16,2)17-9-5-7-11-21(14)17/h12-14,17H,3,5-7,9-11H2,1-2H3/t14-,17+,19-/m0/s1. The molecule has 0 aliphatic carbocycles. The number of alkyl halides is 1. The van der Waals surface area contributed by atoms with E-state index in [1.807, 2.05) is 0 Å². The van der Waals surface area contributed by atoms with E-state index < -0.39 is 5.60 Å². The minimum atomic E-state index is -0.574. The molecule has 0 saturated carbocycles. The second-order valence-corrected chi connectivity index (χ2v) is 7.13. The van der Waals surface area contributed by atoms with E-state index in [1.165, 1.54) is 12.8 Å². The van der Waals surface area contributed by atoms with Crippen molar-refractivity contribution in [3.05, 3.63) is 23.3 Å². The van der Waals surface area contributed by atoms with Crippen LogP contribution in [-0.2, 0) is 9.53 Å². The molecule has 3 heterocycles. The molecule has 3 atom stereocenters. The second-order valence-electron chi connectivity index (χ2n) is 6.75. The van der Waals surface area contributed by atoms with Crippen LogP contribution in [0.1, 0.15) is 46.0 Å². The summed E-state index contributed by atoms with van der Waals surface area (Å²) in [6.45, 7) is 5.32. The molecule has 0 aromatic heterocycles. The molecule has 4 heteroatoms. The first kappa shape index (κ1) is 16.6. The Kier molecular flexibility index (Phi) is 4.85. The molecule has 124 valence electrons. The van der Waals surface area contributed by atoms with Crippen molar-refractivity contribution in [3.63, 3.8) is 0 Å². The topological polar surface area (TPSA) is 29.5 Å². The summed E-state index contributed by atoms with van der Waals surface area (Å²) < 4.78 is 5.81. The van der Waals surface area contributed by atoms with Crippen molar-refractivity contribution in [3.8, 4) is 11.8 Å². The van der Waals surface area contributed by atoms with Crippen LogP contribution in [0.4, 0.5) is 0 Å². The third kappa shape index (κ3) is 3.07. The van der Waals surface area contributed by atoms with Gasteiger partial charge in [-0.2, -0.15) is 0 Å². The molecular formula is C19H24ClNO2. The Labute approximate surface area is 143 Å². The van der Waals surface area contributed by atoms with E-state index in [0.29, 0.717) is 11.9 Å². The minimum absolute atomic E-state index is 0.238. The number of hydrogen-bond donors (Lipinski definition) is 0.